The molecule has 1 aliphatic heterocycles. The molecular formula is C25H22Cl2F2N2O4. The fourth-order valence-corrected chi connectivity index (χ4v) is 4.75. The summed E-state index contributed by atoms with van der Waals surface area (Å²) < 4.78 is 41.3. The summed E-state index contributed by atoms with van der Waals surface area (Å²) in [6.45, 7) is 1.67. The van der Waals surface area contributed by atoms with Crippen LogP contribution in [0.15, 0.2) is 57.4 Å². The Bertz CT molecular complexity index is 1380. The Morgan fingerprint density at radius 1 is 1.00 bits per heavy atom. The molecule has 0 radical (unpaired) electrons. The molecule has 2 aromatic heterocycles. The molecule has 3 heterocycles. The largest absolute Gasteiger partial charge is 0.458 e. The fraction of sp³-hybridized carbons (Fsp3) is 0.320. The number of furan rings is 2. The van der Waals surface area contributed by atoms with Gasteiger partial charge in [-0.25, -0.2) is 0 Å². The van der Waals surface area contributed by atoms with Crippen LogP contribution in [-0.2, 0) is 10.7 Å². The molecule has 1 aliphatic rings. The quantitative estimate of drug-likeness (QED) is 0.316. The second kappa shape index (κ2) is 9.43. The maximum atomic E-state index is 15.2. The van der Waals surface area contributed by atoms with Gasteiger partial charge in [0.25, 0.3) is 5.91 Å². The van der Waals surface area contributed by atoms with Crippen molar-refractivity contribution >= 4 is 51.0 Å². The zero-order valence-electron chi connectivity index (χ0n) is 18.4. The number of nitrogens with zero attached hydrogens (tertiary/aromatic N) is 1. The van der Waals surface area contributed by atoms with E-state index in [4.69, 9.17) is 32.0 Å². The van der Waals surface area contributed by atoms with Gasteiger partial charge in [0.2, 0.25) is 0 Å². The number of carbonyl (C=O) groups is 1. The lowest BCUT2D eigenvalue weighted by Crippen LogP contribution is -2.50. The number of halogens is 4. The first-order valence-electron chi connectivity index (χ1n) is 11.2. The van der Waals surface area contributed by atoms with Gasteiger partial charge in [-0.3, -0.25) is 4.79 Å². The maximum absolute atomic E-state index is 15.2. The second-order valence-corrected chi connectivity index (χ2v) is 9.60. The average molecular weight is 523 g/mol. The van der Waals surface area contributed by atoms with E-state index in [2.05, 4.69) is 5.32 Å². The zero-order chi connectivity index (χ0) is 24.7. The zero-order valence-corrected chi connectivity index (χ0v) is 20.0. The number of alkyl halides is 2. The SMILES string of the molecule is O=C(N[C@H](CN1CCCC1)[C@@H](O)c1cc2cc(Cl)ccc2o1)C(F)(F)c1cc2cc(Cl)ccc2o1. The van der Waals surface area contributed by atoms with E-state index in [1.165, 1.54) is 18.2 Å². The van der Waals surface area contributed by atoms with E-state index in [0.717, 1.165) is 32.0 Å². The summed E-state index contributed by atoms with van der Waals surface area (Å²) >= 11 is 12.0. The Kier molecular flexibility index (Phi) is 6.48. The lowest BCUT2D eigenvalue weighted by molar-refractivity contribution is -0.151. The molecule has 1 amide bonds. The van der Waals surface area contributed by atoms with Crippen LogP contribution >= 0.6 is 23.2 Å². The molecule has 10 heteroatoms. The van der Waals surface area contributed by atoms with Crippen LogP contribution in [0.4, 0.5) is 8.78 Å². The highest BCUT2D eigenvalue weighted by Gasteiger charge is 2.46. The maximum Gasteiger partial charge on any atom is 0.380 e. The van der Waals surface area contributed by atoms with Crippen LogP contribution in [0, 0.1) is 0 Å². The number of benzene rings is 2. The number of carbonyl (C=O) groups excluding carboxylic acids is 1. The van der Waals surface area contributed by atoms with Crippen LogP contribution in [0.5, 0.6) is 0 Å². The van der Waals surface area contributed by atoms with Crippen LogP contribution in [-0.4, -0.2) is 41.6 Å². The molecular weight excluding hydrogens is 501 g/mol. The monoisotopic (exact) mass is 522 g/mol. The van der Waals surface area contributed by atoms with E-state index < -0.39 is 29.7 Å². The number of aliphatic hydroxyl groups excluding tert-OH is 1. The standard InChI is InChI=1S/C25H22Cl2F2N2O4/c26-16-3-5-19-14(9-16)11-21(34-19)23(32)18(13-31-7-1-2-8-31)30-24(33)25(28,29)22-12-15-10-17(27)4-6-20(15)35-22/h3-6,9-12,18,23,32H,1-2,7-8,13H2,(H,30,33)/t18-,23-/m1/s1. The number of hydrogen-bond donors (Lipinski definition) is 2. The van der Waals surface area contributed by atoms with Gasteiger partial charge < -0.3 is 24.2 Å². The van der Waals surface area contributed by atoms with Crippen molar-refractivity contribution in [1.29, 1.82) is 0 Å². The van der Waals surface area contributed by atoms with Gasteiger partial charge in [-0.15, -0.1) is 0 Å². The van der Waals surface area contributed by atoms with E-state index >= 15 is 8.78 Å². The Morgan fingerprint density at radius 2 is 1.60 bits per heavy atom. The summed E-state index contributed by atoms with van der Waals surface area (Å²) in [6, 6.07) is 11.1. The van der Waals surface area contributed by atoms with Crippen molar-refractivity contribution in [2.24, 2.45) is 0 Å². The highest BCUT2D eigenvalue weighted by atomic mass is 35.5. The van der Waals surface area contributed by atoms with Crippen molar-refractivity contribution < 1.29 is 27.5 Å². The number of likely N-dealkylation sites (tertiary alicyclic amines) is 1. The summed E-state index contributed by atoms with van der Waals surface area (Å²) in [5.74, 6) is -6.21. The summed E-state index contributed by atoms with van der Waals surface area (Å²) in [4.78, 5) is 14.8. The van der Waals surface area contributed by atoms with Gasteiger partial charge in [-0.2, -0.15) is 8.78 Å². The first-order valence-corrected chi connectivity index (χ1v) is 11.9. The Labute approximate surface area is 209 Å². The minimum atomic E-state index is -3.98. The number of nitrogens with one attached hydrogen (secondary N) is 1. The minimum Gasteiger partial charge on any atom is -0.458 e. The highest BCUT2D eigenvalue weighted by molar-refractivity contribution is 6.31. The van der Waals surface area contributed by atoms with E-state index in [0.29, 0.717) is 26.4 Å². The Balaban J connectivity index is 1.41. The summed E-state index contributed by atoms with van der Waals surface area (Å²) in [6.07, 6.45) is 0.547. The van der Waals surface area contributed by atoms with Gasteiger partial charge in [0.05, 0.1) is 6.04 Å². The molecule has 2 aromatic carbocycles. The van der Waals surface area contributed by atoms with Crippen LogP contribution in [0.1, 0.15) is 30.5 Å². The topological polar surface area (TPSA) is 78.9 Å². The van der Waals surface area contributed by atoms with E-state index in [1.807, 2.05) is 4.90 Å². The Hall–Kier alpha value is -2.65. The van der Waals surface area contributed by atoms with Crippen LogP contribution < -0.4 is 5.32 Å². The molecule has 5 rings (SSSR count). The van der Waals surface area contributed by atoms with Gasteiger partial charge in [0, 0.05) is 27.4 Å². The lowest BCUT2D eigenvalue weighted by atomic mass is 10.1. The third-order valence-electron chi connectivity index (χ3n) is 6.21. The molecule has 6 nitrogen and oxygen atoms in total. The molecule has 2 atom stereocenters. The number of amides is 1. The third kappa shape index (κ3) is 4.89. The smallest absolute Gasteiger partial charge is 0.380 e. The van der Waals surface area contributed by atoms with E-state index in [1.54, 1.807) is 24.3 Å². The first kappa shape index (κ1) is 24.1. The molecule has 1 fully saturated rings. The molecule has 0 saturated carbocycles. The second-order valence-electron chi connectivity index (χ2n) is 8.73. The van der Waals surface area contributed by atoms with Gasteiger partial charge in [0.15, 0.2) is 5.76 Å². The van der Waals surface area contributed by atoms with Crippen molar-refractivity contribution in [3.05, 3.63) is 70.1 Å². The van der Waals surface area contributed by atoms with Crippen molar-refractivity contribution in [3.8, 4) is 0 Å². The summed E-state index contributed by atoms with van der Waals surface area (Å²) in [5, 5.41) is 15.3. The summed E-state index contributed by atoms with van der Waals surface area (Å²) in [7, 11) is 0. The minimum absolute atomic E-state index is 0.147. The lowest BCUT2D eigenvalue weighted by Gasteiger charge is -2.28. The number of aliphatic hydroxyl groups is 1. The number of rotatable bonds is 7. The van der Waals surface area contributed by atoms with Gasteiger partial charge in [0.1, 0.15) is 23.0 Å². The molecule has 0 spiro atoms. The average Bonchev–Trinajstić information content (AvgIpc) is 3.57. The van der Waals surface area contributed by atoms with Crippen molar-refractivity contribution in [1.82, 2.24) is 10.2 Å². The molecule has 2 N–H and O–H groups in total. The molecule has 1 saturated heterocycles. The fourth-order valence-electron chi connectivity index (χ4n) is 4.39. The molecule has 0 bridgehead atoms. The Morgan fingerprint density at radius 3 is 2.26 bits per heavy atom. The van der Waals surface area contributed by atoms with Crippen molar-refractivity contribution in [2.45, 2.75) is 30.9 Å². The van der Waals surface area contributed by atoms with Gasteiger partial charge in [-0.05, 0) is 74.5 Å². The number of fused-ring (bicyclic) bond motifs is 2. The van der Waals surface area contributed by atoms with Crippen molar-refractivity contribution in [3.63, 3.8) is 0 Å². The highest BCUT2D eigenvalue weighted by Crippen LogP contribution is 2.35. The third-order valence-corrected chi connectivity index (χ3v) is 6.68. The molecule has 184 valence electrons. The predicted molar refractivity (Wildman–Crippen MR) is 129 cm³/mol. The first-order chi connectivity index (χ1) is 16.7. The molecule has 4 aromatic rings. The molecule has 0 unspecified atom stereocenters. The normalized spacial score (nSPS) is 16.7. The van der Waals surface area contributed by atoms with Gasteiger partial charge in [-0.1, -0.05) is 23.2 Å². The van der Waals surface area contributed by atoms with Crippen LogP contribution in [0.25, 0.3) is 21.9 Å². The van der Waals surface area contributed by atoms with Crippen LogP contribution in [0.3, 0.4) is 0 Å². The summed E-state index contributed by atoms with van der Waals surface area (Å²) in [5.41, 5.74) is 0.674. The van der Waals surface area contributed by atoms with Crippen LogP contribution in [0.2, 0.25) is 10.0 Å². The van der Waals surface area contributed by atoms with Gasteiger partial charge >= 0.3 is 5.92 Å². The molecule has 35 heavy (non-hydrogen) atoms. The van der Waals surface area contributed by atoms with E-state index in [9.17, 15) is 9.90 Å². The molecule has 0 aliphatic carbocycles. The van der Waals surface area contributed by atoms with Crippen molar-refractivity contribution in [2.75, 3.05) is 19.6 Å². The predicted octanol–water partition coefficient (Wildman–Crippen LogP) is 5.89. The number of hydrogen-bond acceptors (Lipinski definition) is 5. The van der Waals surface area contributed by atoms with E-state index in [-0.39, 0.29) is 17.9 Å².